The van der Waals surface area contributed by atoms with Gasteiger partial charge in [-0.1, -0.05) is 52.7 Å². The molecule has 1 N–H and O–H groups in total. The first-order chi connectivity index (χ1) is 14.5. The molecule has 0 radical (unpaired) electrons. The lowest BCUT2D eigenvalue weighted by Gasteiger charge is -2.09. The summed E-state index contributed by atoms with van der Waals surface area (Å²) in [7, 11) is 0. The van der Waals surface area contributed by atoms with Crippen molar-refractivity contribution in [3.05, 3.63) is 82.8 Å². The van der Waals surface area contributed by atoms with Gasteiger partial charge < -0.3 is 14.4 Å². The second-order valence-corrected chi connectivity index (χ2v) is 7.23. The van der Waals surface area contributed by atoms with Crippen molar-refractivity contribution in [3.8, 4) is 23.0 Å². The van der Waals surface area contributed by atoms with Crippen LogP contribution in [0, 0.1) is 12.7 Å². The van der Waals surface area contributed by atoms with E-state index in [2.05, 4.69) is 15.5 Å². The monoisotopic (exact) mass is 424 g/mol. The van der Waals surface area contributed by atoms with E-state index >= 15 is 0 Å². The number of rotatable bonds is 6. The number of halogens is 2. The van der Waals surface area contributed by atoms with Crippen molar-refractivity contribution >= 4 is 17.5 Å². The smallest absolute Gasteiger partial charge is 0.274 e. The van der Waals surface area contributed by atoms with E-state index in [-0.39, 0.29) is 24.0 Å². The maximum absolute atomic E-state index is 13.1. The molecule has 0 aliphatic rings. The number of hydrogen-bond donors (Lipinski definition) is 1. The first-order valence-corrected chi connectivity index (χ1v) is 9.64. The van der Waals surface area contributed by atoms with Crippen LogP contribution in [0.1, 0.15) is 11.1 Å². The summed E-state index contributed by atoms with van der Waals surface area (Å²) in [6, 6.07) is 15.5. The Morgan fingerprint density at radius 3 is 2.77 bits per heavy atom. The van der Waals surface area contributed by atoms with Crippen LogP contribution >= 0.6 is 11.6 Å². The average Bonchev–Trinajstić information content (AvgIpc) is 3.37. The van der Waals surface area contributed by atoms with E-state index in [1.165, 1.54) is 12.1 Å². The molecule has 6 nitrogen and oxygen atoms in total. The number of carbonyl (C=O) groups excluding carboxylic acids is 1. The Balaban J connectivity index is 1.44. The van der Waals surface area contributed by atoms with Crippen molar-refractivity contribution in [2.45, 2.75) is 20.0 Å². The van der Waals surface area contributed by atoms with E-state index in [9.17, 15) is 9.18 Å². The number of hydrogen-bond acceptors (Lipinski definition) is 4. The van der Waals surface area contributed by atoms with Crippen LogP contribution in [0.5, 0.6) is 0 Å². The molecule has 0 aliphatic heterocycles. The summed E-state index contributed by atoms with van der Waals surface area (Å²) in [5, 5.41) is 7.09. The maximum Gasteiger partial charge on any atom is 0.274 e. The Morgan fingerprint density at radius 1 is 1.20 bits per heavy atom. The van der Waals surface area contributed by atoms with Gasteiger partial charge in [0, 0.05) is 23.3 Å². The number of aromatic nitrogens is 3. The summed E-state index contributed by atoms with van der Waals surface area (Å²) < 4.78 is 20.3. The molecule has 4 rings (SSSR count). The second kappa shape index (κ2) is 8.51. The Hall–Kier alpha value is -3.45. The zero-order chi connectivity index (χ0) is 21.1. The Bertz CT molecular complexity index is 1180. The zero-order valence-corrected chi connectivity index (χ0v) is 16.9. The highest BCUT2D eigenvalue weighted by molar-refractivity contribution is 6.31. The predicted molar refractivity (Wildman–Crippen MR) is 111 cm³/mol. The molecule has 2 aromatic carbocycles. The molecule has 2 aromatic heterocycles. The minimum Gasteiger partial charge on any atom is -0.350 e. The van der Waals surface area contributed by atoms with Gasteiger partial charge in [-0.05, 0) is 36.8 Å². The summed E-state index contributed by atoms with van der Waals surface area (Å²) in [6.07, 6.45) is 1.76. The summed E-state index contributed by atoms with van der Waals surface area (Å²) in [5.41, 5.74) is 3.27. The van der Waals surface area contributed by atoms with E-state index in [0.717, 1.165) is 11.1 Å². The largest absolute Gasteiger partial charge is 0.350 e. The van der Waals surface area contributed by atoms with Crippen LogP contribution in [-0.2, 0) is 17.9 Å². The highest BCUT2D eigenvalue weighted by Crippen LogP contribution is 2.23. The number of nitrogens with zero attached hydrogens (tertiary/aromatic N) is 3. The van der Waals surface area contributed by atoms with Gasteiger partial charge in [-0.3, -0.25) is 4.79 Å². The number of amides is 1. The van der Waals surface area contributed by atoms with Gasteiger partial charge in [-0.2, -0.15) is 4.98 Å². The van der Waals surface area contributed by atoms with Gasteiger partial charge in [-0.15, -0.1) is 0 Å². The summed E-state index contributed by atoms with van der Waals surface area (Å²) in [6.45, 7) is 2.27. The quantitative estimate of drug-likeness (QED) is 0.490. The standard InChI is InChI=1S/C22H18ClFN4O2/c1-14-4-6-15(7-5-14)21-26-22(30-27-21)19-3-2-10-28(19)13-20(29)25-12-16-8-9-17(24)11-18(16)23/h2-11H,12-13H2,1H3,(H,25,29). The van der Waals surface area contributed by atoms with Gasteiger partial charge in [0.25, 0.3) is 5.89 Å². The van der Waals surface area contributed by atoms with Crippen LogP contribution in [0.3, 0.4) is 0 Å². The van der Waals surface area contributed by atoms with Crippen LogP contribution in [0.2, 0.25) is 5.02 Å². The van der Waals surface area contributed by atoms with Crippen molar-refractivity contribution in [1.82, 2.24) is 20.0 Å². The van der Waals surface area contributed by atoms with E-state index in [1.807, 2.05) is 31.2 Å². The molecule has 152 valence electrons. The van der Waals surface area contributed by atoms with Crippen molar-refractivity contribution in [1.29, 1.82) is 0 Å². The van der Waals surface area contributed by atoms with Gasteiger partial charge in [0.2, 0.25) is 11.7 Å². The van der Waals surface area contributed by atoms with Crippen molar-refractivity contribution in [3.63, 3.8) is 0 Å². The fraction of sp³-hybridized carbons (Fsp3) is 0.136. The lowest BCUT2D eigenvalue weighted by Crippen LogP contribution is -2.27. The van der Waals surface area contributed by atoms with Crippen molar-refractivity contribution in [2.75, 3.05) is 0 Å². The molecule has 1 amide bonds. The van der Waals surface area contributed by atoms with E-state index < -0.39 is 5.82 Å². The first kappa shape index (κ1) is 19.8. The molecule has 0 saturated carbocycles. The van der Waals surface area contributed by atoms with Gasteiger partial charge in [-0.25, -0.2) is 4.39 Å². The minimum atomic E-state index is -0.420. The van der Waals surface area contributed by atoms with Crippen LogP contribution in [0.4, 0.5) is 4.39 Å². The molecule has 0 saturated heterocycles. The Labute approximate surface area is 177 Å². The summed E-state index contributed by atoms with van der Waals surface area (Å²) in [5.74, 6) is 0.154. The van der Waals surface area contributed by atoms with E-state index in [4.69, 9.17) is 16.1 Å². The SMILES string of the molecule is Cc1ccc(-c2noc(-c3cccn3CC(=O)NCc3ccc(F)cc3Cl)n2)cc1. The molecule has 0 bridgehead atoms. The first-order valence-electron chi connectivity index (χ1n) is 9.26. The molecular formula is C22H18ClFN4O2. The van der Waals surface area contributed by atoms with Gasteiger partial charge in [0.05, 0.1) is 0 Å². The Kier molecular flexibility index (Phi) is 5.63. The normalized spacial score (nSPS) is 10.9. The zero-order valence-electron chi connectivity index (χ0n) is 16.1. The van der Waals surface area contributed by atoms with E-state index in [0.29, 0.717) is 23.0 Å². The minimum absolute atomic E-state index is 0.0589. The van der Waals surface area contributed by atoms with Gasteiger partial charge >= 0.3 is 0 Å². The molecular weight excluding hydrogens is 407 g/mol. The third kappa shape index (κ3) is 4.41. The van der Waals surface area contributed by atoms with Crippen LogP contribution in [-0.4, -0.2) is 20.6 Å². The number of nitrogens with one attached hydrogen (secondary N) is 1. The molecule has 4 aromatic rings. The molecule has 0 atom stereocenters. The summed E-state index contributed by atoms with van der Waals surface area (Å²) >= 11 is 6.00. The lowest BCUT2D eigenvalue weighted by atomic mass is 10.1. The van der Waals surface area contributed by atoms with E-state index in [1.54, 1.807) is 29.0 Å². The molecule has 0 fully saturated rings. The molecule has 0 spiro atoms. The number of aryl methyl sites for hydroxylation is 1. The highest BCUT2D eigenvalue weighted by Gasteiger charge is 2.15. The van der Waals surface area contributed by atoms with Gasteiger partial charge in [0.15, 0.2) is 0 Å². The third-order valence-corrected chi connectivity index (χ3v) is 4.94. The topological polar surface area (TPSA) is 73.0 Å². The second-order valence-electron chi connectivity index (χ2n) is 6.82. The number of carbonyl (C=O) groups is 1. The average molecular weight is 425 g/mol. The van der Waals surface area contributed by atoms with Crippen LogP contribution in [0.25, 0.3) is 23.0 Å². The fourth-order valence-electron chi connectivity index (χ4n) is 2.96. The van der Waals surface area contributed by atoms with Crippen LogP contribution < -0.4 is 5.32 Å². The molecule has 30 heavy (non-hydrogen) atoms. The van der Waals surface area contributed by atoms with Crippen molar-refractivity contribution < 1.29 is 13.7 Å². The van der Waals surface area contributed by atoms with Crippen LogP contribution in [0.15, 0.2) is 65.3 Å². The molecule has 2 heterocycles. The van der Waals surface area contributed by atoms with Crippen molar-refractivity contribution in [2.24, 2.45) is 0 Å². The molecule has 8 heteroatoms. The maximum atomic E-state index is 13.1. The van der Waals surface area contributed by atoms with Gasteiger partial charge in [0.1, 0.15) is 18.1 Å². The Morgan fingerprint density at radius 2 is 2.00 bits per heavy atom. The third-order valence-electron chi connectivity index (χ3n) is 4.59. The highest BCUT2D eigenvalue weighted by atomic mass is 35.5. The summed E-state index contributed by atoms with van der Waals surface area (Å²) in [4.78, 5) is 16.8. The fourth-order valence-corrected chi connectivity index (χ4v) is 3.20. The predicted octanol–water partition coefficient (Wildman–Crippen LogP) is 4.62. The lowest BCUT2D eigenvalue weighted by molar-refractivity contribution is -0.121. The molecule has 0 aliphatic carbocycles. The number of benzene rings is 2. The molecule has 0 unspecified atom stereocenters.